The molecule has 2 aromatic carbocycles. The van der Waals surface area contributed by atoms with E-state index in [1.165, 1.54) is 13.8 Å². The van der Waals surface area contributed by atoms with Crippen LogP contribution in [0.15, 0.2) is 60.7 Å². The second-order valence-electron chi connectivity index (χ2n) is 6.98. The number of ether oxygens (including phenoxy) is 5. The number of rotatable bonds is 8. The van der Waals surface area contributed by atoms with Crippen molar-refractivity contribution in [3.63, 3.8) is 0 Å². The quantitative estimate of drug-likeness (QED) is 0.614. The van der Waals surface area contributed by atoms with Crippen LogP contribution in [0, 0.1) is 0 Å². The van der Waals surface area contributed by atoms with Crippen LogP contribution in [0.1, 0.15) is 25.0 Å². The maximum atomic E-state index is 11.7. The molecule has 1 unspecified atom stereocenters. The fourth-order valence-corrected chi connectivity index (χ4v) is 3.21. The molecular formula is C23H26O7. The van der Waals surface area contributed by atoms with Crippen LogP contribution < -0.4 is 0 Å². The Kier molecular flexibility index (Phi) is 7.96. The van der Waals surface area contributed by atoms with E-state index in [0.717, 1.165) is 11.1 Å². The van der Waals surface area contributed by atoms with Crippen molar-refractivity contribution in [2.75, 3.05) is 6.61 Å². The molecule has 1 aliphatic heterocycles. The summed E-state index contributed by atoms with van der Waals surface area (Å²) in [6, 6.07) is 19.3. The molecule has 30 heavy (non-hydrogen) atoms. The first-order valence-electron chi connectivity index (χ1n) is 9.80. The maximum absolute atomic E-state index is 11.7. The molecule has 160 valence electrons. The lowest BCUT2D eigenvalue weighted by Gasteiger charge is -2.40. The van der Waals surface area contributed by atoms with Gasteiger partial charge >= 0.3 is 11.9 Å². The van der Waals surface area contributed by atoms with Crippen molar-refractivity contribution < 1.29 is 33.3 Å². The molecule has 7 nitrogen and oxygen atoms in total. The highest BCUT2D eigenvalue weighted by atomic mass is 16.7. The van der Waals surface area contributed by atoms with E-state index >= 15 is 0 Å². The average molecular weight is 414 g/mol. The smallest absolute Gasteiger partial charge is 0.305 e. The summed E-state index contributed by atoms with van der Waals surface area (Å²) < 4.78 is 28.5. The van der Waals surface area contributed by atoms with Crippen molar-refractivity contribution in [2.45, 2.75) is 51.7 Å². The zero-order valence-electron chi connectivity index (χ0n) is 17.1. The third kappa shape index (κ3) is 6.38. The first-order valence-corrected chi connectivity index (χ1v) is 9.80. The van der Waals surface area contributed by atoms with Gasteiger partial charge in [0.1, 0.15) is 12.2 Å². The van der Waals surface area contributed by atoms with Gasteiger partial charge in [-0.05, 0) is 11.1 Å². The van der Waals surface area contributed by atoms with Crippen LogP contribution >= 0.6 is 0 Å². The van der Waals surface area contributed by atoms with Gasteiger partial charge in [0.25, 0.3) is 0 Å². The maximum Gasteiger partial charge on any atom is 0.305 e. The van der Waals surface area contributed by atoms with E-state index in [9.17, 15) is 9.59 Å². The van der Waals surface area contributed by atoms with Crippen LogP contribution in [0.2, 0.25) is 0 Å². The summed E-state index contributed by atoms with van der Waals surface area (Å²) in [6.45, 7) is 3.30. The largest absolute Gasteiger partial charge is 0.453 e. The number of benzene rings is 2. The summed E-state index contributed by atoms with van der Waals surface area (Å²) in [5, 5.41) is 0. The van der Waals surface area contributed by atoms with Crippen molar-refractivity contribution in [3.05, 3.63) is 71.8 Å². The van der Waals surface area contributed by atoms with Gasteiger partial charge in [0, 0.05) is 13.8 Å². The molecule has 1 saturated heterocycles. The molecule has 0 bridgehead atoms. The van der Waals surface area contributed by atoms with Crippen LogP contribution in [-0.2, 0) is 46.5 Å². The van der Waals surface area contributed by atoms with Crippen LogP contribution in [0.4, 0.5) is 0 Å². The lowest BCUT2D eigenvalue weighted by molar-refractivity contribution is -0.283. The molecule has 0 aromatic heterocycles. The zero-order valence-corrected chi connectivity index (χ0v) is 17.1. The predicted molar refractivity (Wildman–Crippen MR) is 107 cm³/mol. The van der Waals surface area contributed by atoms with Crippen molar-refractivity contribution >= 4 is 11.9 Å². The Morgan fingerprint density at radius 3 is 1.87 bits per heavy atom. The molecule has 7 heteroatoms. The molecule has 0 saturated carbocycles. The lowest BCUT2D eigenvalue weighted by Crippen LogP contribution is -2.57. The van der Waals surface area contributed by atoms with E-state index in [1.54, 1.807) is 0 Å². The monoisotopic (exact) mass is 414 g/mol. The highest BCUT2D eigenvalue weighted by molar-refractivity contribution is 5.67. The molecule has 1 aliphatic rings. The Morgan fingerprint density at radius 1 is 0.800 bits per heavy atom. The Labute approximate surface area is 175 Å². The highest BCUT2D eigenvalue weighted by Crippen LogP contribution is 2.26. The topological polar surface area (TPSA) is 80.3 Å². The van der Waals surface area contributed by atoms with E-state index in [4.69, 9.17) is 23.7 Å². The zero-order chi connectivity index (χ0) is 21.3. The van der Waals surface area contributed by atoms with Crippen LogP contribution in [0.25, 0.3) is 0 Å². The predicted octanol–water partition coefficient (Wildman–Crippen LogP) is 3.01. The fourth-order valence-electron chi connectivity index (χ4n) is 3.21. The number of hydrogen-bond donors (Lipinski definition) is 0. The molecule has 1 fully saturated rings. The molecule has 0 radical (unpaired) electrons. The average Bonchev–Trinajstić information content (AvgIpc) is 2.73. The van der Waals surface area contributed by atoms with E-state index in [0.29, 0.717) is 6.61 Å². The minimum Gasteiger partial charge on any atom is -0.453 e. The molecule has 0 spiro atoms. The van der Waals surface area contributed by atoms with Gasteiger partial charge < -0.3 is 23.7 Å². The SMILES string of the molecule is CC(=O)OC1OC[C@@H](OCc2ccccc2)[C@H](OCc2ccccc2)[C@H]1OC(C)=O. The van der Waals surface area contributed by atoms with Crippen LogP contribution in [-0.4, -0.2) is 43.1 Å². The molecule has 3 rings (SSSR count). The molecule has 1 heterocycles. The number of hydrogen-bond acceptors (Lipinski definition) is 7. The summed E-state index contributed by atoms with van der Waals surface area (Å²) in [6.07, 6.45) is -3.23. The summed E-state index contributed by atoms with van der Waals surface area (Å²) in [5.41, 5.74) is 1.95. The molecule has 4 atom stereocenters. The molecular weight excluding hydrogens is 388 g/mol. The van der Waals surface area contributed by atoms with Crippen molar-refractivity contribution in [1.82, 2.24) is 0 Å². The Bertz CT molecular complexity index is 809. The van der Waals surface area contributed by atoms with E-state index in [-0.39, 0.29) is 13.2 Å². The van der Waals surface area contributed by atoms with Gasteiger partial charge in [-0.15, -0.1) is 0 Å². The molecule has 0 N–H and O–H groups in total. The van der Waals surface area contributed by atoms with Crippen LogP contribution in [0.5, 0.6) is 0 Å². The minimum atomic E-state index is -1.07. The van der Waals surface area contributed by atoms with Crippen molar-refractivity contribution in [2.24, 2.45) is 0 Å². The first kappa shape index (κ1) is 22.0. The summed E-state index contributed by atoms with van der Waals surface area (Å²) in [7, 11) is 0. The van der Waals surface area contributed by atoms with Gasteiger partial charge in [0.15, 0.2) is 6.10 Å². The first-order chi connectivity index (χ1) is 14.5. The fraction of sp³-hybridized carbons (Fsp3) is 0.391. The highest BCUT2D eigenvalue weighted by Gasteiger charge is 2.46. The van der Waals surface area contributed by atoms with Gasteiger partial charge in [-0.2, -0.15) is 0 Å². The summed E-state index contributed by atoms with van der Waals surface area (Å²) in [5.74, 6) is -1.07. The van der Waals surface area contributed by atoms with Crippen molar-refractivity contribution in [3.8, 4) is 0 Å². The molecule has 0 amide bonds. The van der Waals surface area contributed by atoms with Gasteiger partial charge in [-0.25, -0.2) is 0 Å². The second-order valence-corrected chi connectivity index (χ2v) is 6.98. The number of carbonyl (C=O) groups excluding carboxylic acids is 2. The Balaban J connectivity index is 1.77. The third-order valence-electron chi connectivity index (χ3n) is 4.56. The summed E-state index contributed by atoms with van der Waals surface area (Å²) in [4.78, 5) is 23.2. The van der Waals surface area contributed by atoms with E-state index in [1.807, 2.05) is 60.7 Å². The lowest BCUT2D eigenvalue weighted by atomic mass is 10.0. The van der Waals surface area contributed by atoms with Gasteiger partial charge in [0.05, 0.1) is 19.8 Å². The van der Waals surface area contributed by atoms with Gasteiger partial charge in [0.2, 0.25) is 6.29 Å². The Hall–Kier alpha value is -2.74. The van der Waals surface area contributed by atoms with Crippen LogP contribution in [0.3, 0.4) is 0 Å². The standard InChI is InChI=1S/C23H26O7/c1-16(24)29-22-21(27-14-19-11-7-4-8-12-19)20(15-28-23(22)30-17(2)25)26-13-18-9-5-3-6-10-18/h3-12,20-23H,13-15H2,1-2H3/t20-,21+,22-,23?/m1/s1. The third-order valence-corrected chi connectivity index (χ3v) is 4.56. The van der Waals surface area contributed by atoms with Gasteiger partial charge in [-0.1, -0.05) is 60.7 Å². The van der Waals surface area contributed by atoms with E-state index < -0.39 is 36.5 Å². The normalized spacial score (nSPS) is 23.5. The molecule has 0 aliphatic carbocycles. The number of esters is 2. The second kappa shape index (κ2) is 10.9. The van der Waals surface area contributed by atoms with Gasteiger partial charge in [-0.3, -0.25) is 9.59 Å². The van der Waals surface area contributed by atoms with E-state index in [2.05, 4.69) is 0 Å². The Morgan fingerprint density at radius 2 is 1.33 bits per heavy atom. The summed E-state index contributed by atoms with van der Waals surface area (Å²) >= 11 is 0. The van der Waals surface area contributed by atoms with Crippen molar-refractivity contribution in [1.29, 1.82) is 0 Å². The molecule has 2 aromatic rings. The number of carbonyl (C=O) groups is 2. The minimum absolute atomic E-state index is 0.127.